The maximum atomic E-state index is 13.5. The number of urea groups is 1. The summed E-state index contributed by atoms with van der Waals surface area (Å²) in [6.45, 7) is 1.63. The van der Waals surface area contributed by atoms with E-state index in [0.717, 1.165) is 12.1 Å². The molecule has 1 aliphatic heterocycles. The molecule has 2 aromatic rings. The van der Waals surface area contributed by atoms with Gasteiger partial charge in [-0.25, -0.2) is 13.6 Å². The van der Waals surface area contributed by atoms with Gasteiger partial charge in [-0.15, -0.1) is 0 Å². The van der Waals surface area contributed by atoms with Gasteiger partial charge < -0.3 is 15.1 Å². The first-order chi connectivity index (χ1) is 13.7. The summed E-state index contributed by atoms with van der Waals surface area (Å²) in [5.41, 5.74) is 1.74. The number of hydrogen-bond donors (Lipinski definition) is 1. The molecule has 1 N–H and O–H groups in total. The third-order valence-corrected chi connectivity index (χ3v) is 4.90. The fourth-order valence-electron chi connectivity index (χ4n) is 3.29. The molecule has 6 nitrogen and oxygen atoms in total. The van der Waals surface area contributed by atoms with Crippen LogP contribution in [0.3, 0.4) is 0 Å². The number of nitriles is 1. The van der Waals surface area contributed by atoms with Crippen molar-refractivity contribution < 1.29 is 18.4 Å². The van der Waals surface area contributed by atoms with Crippen LogP contribution in [0.5, 0.6) is 0 Å². The van der Waals surface area contributed by atoms with Gasteiger partial charge in [-0.1, -0.05) is 12.1 Å². The van der Waals surface area contributed by atoms with Crippen molar-refractivity contribution in [3.63, 3.8) is 0 Å². The first-order valence-electron chi connectivity index (χ1n) is 8.72. The van der Waals surface area contributed by atoms with Crippen molar-refractivity contribution in [2.45, 2.75) is 13.0 Å². The number of allylic oxidation sites excluding steroid dienone is 1. The quantitative estimate of drug-likeness (QED) is 0.858. The van der Waals surface area contributed by atoms with E-state index < -0.39 is 23.6 Å². The molecule has 0 aromatic heterocycles. The first-order valence-corrected chi connectivity index (χ1v) is 8.72. The zero-order valence-electron chi connectivity index (χ0n) is 16.0. The summed E-state index contributed by atoms with van der Waals surface area (Å²) >= 11 is 0. The Morgan fingerprint density at radius 1 is 1.14 bits per heavy atom. The third kappa shape index (κ3) is 3.67. The van der Waals surface area contributed by atoms with Gasteiger partial charge in [0.15, 0.2) is 11.6 Å². The molecule has 3 amide bonds. The molecule has 0 unspecified atom stereocenters. The summed E-state index contributed by atoms with van der Waals surface area (Å²) in [7, 11) is 3.10. The topological polar surface area (TPSA) is 76.4 Å². The summed E-state index contributed by atoms with van der Waals surface area (Å²) in [6, 6.07) is 10.6. The van der Waals surface area contributed by atoms with Crippen molar-refractivity contribution in [3.8, 4) is 6.07 Å². The summed E-state index contributed by atoms with van der Waals surface area (Å²) in [5, 5.41) is 11.8. The van der Waals surface area contributed by atoms with Gasteiger partial charge in [-0.3, -0.25) is 4.79 Å². The van der Waals surface area contributed by atoms with Crippen LogP contribution in [0.25, 0.3) is 0 Å². The van der Waals surface area contributed by atoms with Gasteiger partial charge in [-0.05, 0) is 36.8 Å². The van der Waals surface area contributed by atoms with E-state index >= 15 is 0 Å². The van der Waals surface area contributed by atoms with E-state index in [1.54, 1.807) is 45.3 Å². The molecule has 0 saturated heterocycles. The van der Waals surface area contributed by atoms with Crippen LogP contribution < -0.4 is 5.32 Å². The van der Waals surface area contributed by atoms with Crippen LogP contribution in [0.4, 0.5) is 19.3 Å². The summed E-state index contributed by atoms with van der Waals surface area (Å²) in [5.74, 6) is -2.67. The van der Waals surface area contributed by atoms with Gasteiger partial charge >= 0.3 is 6.03 Å². The molecule has 0 fully saturated rings. The van der Waals surface area contributed by atoms with Gasteiger partial charge in [0.25, 0.3) is 5.91 Å². The van der Waals surface area contributed by atoms with Crippen LogP contribution in [0, 0.1) is 23.0 Å². The number of nitrogens with zero attached hydrogens (tertiary/aromatic N) is 3. The molecule has 0 spiro atoms. The molecule has 0 bridgehead atoms. The molecular formula is C21H18F2N4O2. The molecule has 0 saturated carbocycles. The molecule has 1 aliphatic rings. The predicted octanol–water partition coefficient (Wildman–Crippen LogP) is 3.79. The van der Waals surface area contributed by atoms with Crippen molar-refractivity contribution in [1.82, 2.24) is 9.80 Å². The lowest BCUT2D eigenvalue weighted by Gasteiger charge is -2.39. The Balaban J connectivity index is 2.07. The molecule has 148 valence electrons. The zero-order chi connectivity index (χ0) is 21.3. The van der Waals surface area contributed by atoms with Crippen molar-refractivity contribution in [2.75, 3.05) is 19.4 Å². The Labute approximate surface area is 166 Å². The first kappa shape index (κ1) is 20.0. The average Bonchev–Trinajstić information content (AvgIpc) is 2.71. The van der Waals surface area contributed by atoms with Crippen LogP contribution in [0.15, 0.2) is 53.7 Å². The maximum Gasteiger partial charge on any atom is 0.324 e. The molecule has 1 heterocycles. The van der Waals surface area contributed by atoms with E-state index in [2.05, 4.69) is 5.32 Å². The molecule has 2 aromatic carbocycles. The van der Waals surface area contributed by atoms with Gasteiger partial charge in [0.1, 0.15) is 0 Å². The Hall–Kier alpha value is -3.73. The summed E-state index contributed by atoms with van der Waals surface area (Å²) in [6.07, 6.45) is 0. The monoisotopic (exact) mass is 396 g/mol. The van der Waals surface area contributed by atoms with Crippen molar-refractivity contribution in [1.29, 1.82) is 5.26 Å². The zero-order valence-corrected chi connectivity index (χ0v) is 16.0. The van der Waals surface area contributed by atoms with Crippen LogP contribution in [-0.4, -0.2) is 35.8 Å². The van der Waals surface area contributed by atoms with Gasteiger partial charge in [0.05, 0.1) is 23.2 Å². The number of amides is 3. The Bertz CT molecular complexity index is 1070. The van der Waals surface area contributed by atoms with E-state index in [1.807, 2.05) is 6.07 Å². The highest BCUT2D eigenvalue weighted by Gasteiger charge is 2.38. The number of carbonyl (C=O) groups excluding carboxylic acids is 2. The van der Waals surface area contributed by atoms with Gasteiger partial charge in [0.2, 0.25) is 0 Å². The van der Waals surface area contributed by atoms with E-state index in [0.29, 0.717) is 16.8 Å². The molecule has 29 heavy (non-hydrogen) atoms. The summed E-state index contributed by atoms with van der Waals surface area (Å²) in [4.78, 5) is 28.4. The molecule has 8 heteroatoms. The van der Waals surface area contributed by atoms with Crippen molar-refractivity contribution >= 4 is 17.6 Å². The number of rotatable bonds is 3. The van der Waals surface area contributed by atoms with Crippen LogP contribution in [-0.2, 0) is 4.79 Å². The number of halogens is 2. The van der Waals surface area contributed by atoms with Crippen molar-refractivity contribution in [3.05, 3.63) is 76.5 Å². The minimum atomic E-state index is -1.08. The second-order valence-electron chi connectivity index (χ2n) is 6.67. The van der Waals surface area contributed by atoms with Gasteiger partial charge in [0, 0.05) is 31.5 Å². The van der Waals surface area contributed by atoms with E-state index in [4.69, 9.17) is 0 Å². The normalized spacial score (nSPS) is 16.7. The van der Waals surface area contributed by atoms with Crippen LogP contribution in [0.2, 0.25) is 0 Å². The SMILES string of the molecule is CC1=C(C(=O)Nc2ccc(F)c(F)c2)[C@H](c2cccc(C#N)c2)N(C)C(=O)N1C. The van der Waals surface area contributed by atoms with Crippen molar-refractivity contribution in [2.24, 2.45) is 0 Å². The van der Waals surface area contributed by atoms with Gasteiger partial charge in [-0.2, -0.15) is 5.26 Å². The molecule has 1 atom stereocenters. The number of nitrogens with one attached hydrogen (secondary N) is 1. The van der Waals surface area contributed by atoms with Crippen LogP contribution in [0.1, 0.15) is 24.1 Å². The maximum absolute atomic E-state index is 13.5. The predicted molar refractivity (Wildman–Crippen MR) is 103 cm³/mol. The largest absolute Gasteiger partial charge is 0.324 e. The van der Waals surface area contributed by atoms with E-state index in [1.165, 1.54) is 15.9 Å². The van der Waals surface area contributed by atoms with E-state index in [-0.39, 0.29) is 17.3 Å². The number of anilines is 1. The molecule has 0 aliphatic carbocycles. The van der Waals surface area contributed by atoms with E-state index in [9.17, 15) is 23.6 Å². The lowest BCUT2D eigenvalue weighted by Crippen LogP contribution is -2.47. The summed E-state index contributed by atoms with van der Waals surface area (Å²) < 4.78 is 26.7. The highest BCUT2D eigenvalue weighted by atomic mass is 19.2. The minimum absolute atomic E-state index is 0.0842. The molecule has 0 radical (unpaired) electrons. The lowest BCUT2D eigenvalue weighted by molar-refractivity contribution is -0.113. The fourth-order valence-corrected chi connectivity index (χ4v) is 3.29. The molecule has 3 rings (SSSR count). The Morgan fingerprint density at radius 2 is 1.86 bits per heavy atom. The molecular weight excluding hydrogens is 378 g/mol. The minimum Gasteiger partial charge on any atom is -0.322 e. The second kappa shape index (κ2) is 7.72. The highest BCUT2D eigenvalue weighted by Crippen LogP contribution is 2.36. The highest BCUT2D eigenvalue weighted by molar-refractivity contribution is 6.06. The average molecular weight is 396 g/mol. The number of hydrogen-bond acceptors (Lipinski definition) is 3. The smallest absolute Gasteiger partial charge is 0.322 e. The number of carbonyl (C=O) groups is 2. The lowest BCUT2D eigenvalue weighted by atomic mass is 9.92. The second-order valence-corrected chi connectivity index (χ2v) is 6.67. The Kier molecular flexibility index (Phi) is 5.33. The number of likely N-dealkylation sites (N-methyl/N-ethyl adjacent to an activating group) is 1. The third-order valence-electron chi connectivity index (χ3n) is 4.90. The number of benzene rings is 2. The Morgan fingerprint density at radius 3 is 2.52 bits per heavy atom. The standard InChI is InChI=1S/C21H18F2N4O2/c1-12-18(20(28)25-15-7-8-16(22)17(23)10-15)19(27(3)21(29)26(12)2)14-6-4-5-13(9-14)11-24/h4-10,19H,1-3H3,(H,25,28)/t19-/m0/s1. The fraction of sp³-hybridized carbons (Fsp3) is 0.190. The van der Waals surface area contributed by atoms with Crippen LogP contribution >= 0.6 is 0 Å².